The first-order valence-corrected chi connectivity index (χ1v) is 5.39. The fourth-order valence-electron chi connectivity index (χ4n) is 0.756. The fourth-order valence-corrected chi connectivity index (χ4v) is 0.756. The molecular weight excluding hydrogens is 212 g/mol. The summed E-state index contributed by atoms with van der Waals surface area (Å²) in [4.78, 5) is 22.1. The van der Waals surface area contributed by atoms with Crippen LogP contribution < -0.4 is 0 Å². The van der Waals surface area contributed by atoms with E-state index < -0.39 is 12.3 Å². The van der Waals surface area contributed by atoms with Crippen molar-refractivity contribution in [3.63, 3.8) is 0 Å². The molecular formula is C11H20O5. The maximum absolute atomic E-state index is 11.1. The van der Waals surface area contributed by atoms with Crippen LogP contribution in [0.15, 0.2) is 0 Å². The van der Waals surface area contributed by atoms with Crippen molar-refractivity contribution in [1.29, 1.82) is 0 Å². The van der Waals surface area contributed by atoms with Gasteiger partial charge in [-0.3, -0.25) is 9.59 Å². The molecule has 1 N–H and O–H groups in total. The second kappa shape index (κ2) is 7.22. The molecule has 0 bridgehead atoms. The maximum Gasteiger partial charge on any atom is 0.310 e. The summed E-state index contributed by atoms with van der Waals surface area (Å²) in [5.41, 5.74) is 0. The van der Waals surface area contributed by atoms with Gasteiger partial charge in [0.25, 0.3) is 0 Å². The van der Waals surface area contributed by atoms with E-state index in [0.717, 1.165) is 0 Å². The van der Waals surface area contributed by atoms with Gasteiger partial charge >= 0.3 is 11.9 Å². The number of carbonyl (C=O) groups is 2. The molecule has 1 atom stereocenters. The van der Waals surface area contributed by atoms with E-state index in [1.165, 1.54) is 0 Å². The summed E-state index contributed by atoms with van der Waals surface area (Å²) in [6.07, 6.45) is -1.12. The van der Waals surface area contributed by atoms with E-state index >= 15 is 0 Å². The lowest BCUT2D eigenvalue weighted by Gasteiger charge is -2.14. The van der Waals surface area contributed by atoms with Gasteiger partial charge in [0.15, 0.2) is 0 Å². The lowest BCUT2D eigenvalue weighted by atomic mass is 10.2. The van der Waals surface area contributed by atoms with Crippen molar-refractivity contribution in [2.75, 3.05) is 6.61 Å². The van der Waals surface area contributed by atoms with Crippen LogP contribution in [0.3, 0.4) is 0 Å². The van der Waals surface area contributed by atoms with Crippen LogP contribution in [0, 0.1) is 11.8 Å². The number of rotatable bonds is 6. The molecule has 0 amide bonds. The van der Waals surface area contributed by atoms with Gasteiger partial charge < -0.3 is 14.6 Å². The molecule has 0 rings (SSSR count). The van der Waals surface area contributed by atoms with E-state index in [1.807, 2.05) is 0 Å². The topological polar surface area (TPSA) is 72.8 Å². The van der Waals surface area contributed by atoms with E-state index in [1.54, 1.807) is 27.7 Å². The zero-order valence-corrected chi connectivity index (χ0v) is 10.2. The minimum atomic E-state index is -1.21. The second-order valence-electron chi connectivity index (χ2n) is 4.16. The summed E-state index contributed by atoms with van der Waals surface area (Å²) < 4.78 is 9.51. The van der Waals surface area contributed by atoms with Crippen LogP contribution in [0.5, 0.6) is 0 Å². The highest BCUT2D eigenvalue weighted by Crippen LogP contribution is 2.03. The van der Waals surface area contributed by atoms with Gasteiger partial charge in [-0.1, -0.05) is 27.7 Å². The van der Waals surface area contributed by atoms with Gasteiger partial charge in [0, 0.05) is 6.42 Å². The predicted molar refractivity (Wildman–Crippen MR) is 57.4 cm³/mol. The minimum Gasteiger partial charge on any atom is -0.465 e. The van der Waals surface area contributed by atoms with Crippen molar-refractivity contribution in [3.8, 4) is 0 Å². The average Bonchev–Trinajstić information content (AvgIpc) is 2.16. The minimum absolute atomic E-state index is 0.0452. The van der Waals surface area contributed by atoms with Gasteiger partial charge in [0.1, 0.15) is 0 Å². The molecule has 0 saturated heterocycles. The Kier molecular flexibility index (Phi) is 6.72. The monoisotopic (exact) mass is 232 g/mol. The zero-order valence-electron chi connectivity index (χ0n) is 10.2. The molecule has 0 aliphatic rings. The van der Waals surface area contributed by atoms with Gasteiger partial charge in [0.2, 0.25) is 6.29 Å². The largest absolute Gasteiger partial charge is 0.465 e. The van der Waals surface area contributed by atoms with Gasteiger partial charge in [-0.2, -0.15) is 0 Å². The Balaban J connectivity index is 3.70. The van der Waals surface area contributed by atoms with Crippen LogP contribution in [0.25, 0.3) is 0 Å². The molecule has 5 heteroatoms. The zero-order chi connectivity index (χ0) is 12.7. The van der Waals surface area contributed by atoms with Gasteiger partial charge in [0.05, 0.1) is 18.4 Å². The van der Waals surface area contributed by atoms with Crippen LogP contribution in [0.1, 0.15) is 34.1 Å². The van der Waals surface area contributed by atoms with Crippen molar-refractivity contribution < 1.29 is 24.2 Å². The third kappa shape index (κ3) is 6.40. The summed E-state index contributed by atoms with van der Waals surface area (Å²) in [7, 11) is 0. The van der Waals surface area contributed by atoms with Crippen LogP contribution in [-0.2, 0) is 19.1 Å². The first kappa shape index (κ1) is 14.9. The van der Waals surface area contributed by atoms with Crippen LogP contribution >= 0.6 is 0 Å². The van der Waals surface area contributed by atoms with Crippen molar-refractivity contribution in [3.05, 3.63) is 0 Å². The third-order valence-corrected chi connectivity index (χ3v) is 1.80. The number of ether oxygens (including phenoxy) is 2. The third-order valence-electron chi connectivity index (χ3n) is 1.80. The average molecular weight is 232 g/mol. The SMILES string of the molecule is CC(C)C(=O)OCCC(O)OC(=O)C(C)C. The summed E-state index contributed by atoms with van der Waals surface area (Å²) in [6.45, 7) is 6.83. The molecule has 1 unspecified atom stereocenters. The van der Waals surface area contributed by atoms with E-state index in [-0.39, 0.29) is 30.8 Å². The van der Waals surface area contributed by atoms with Crippen molar-refractivity contribution in [1.82, 2.24) is 0 Å². The van der Waals surface area contributed by atoms with Crippen molar-refractivity contribution >= 4 is 11.9 Å². The Labute approximate surface area is 95.7 Å². The van der Waals surface area contributed by atoms with Crippen LogP contribution in [0.4, 0.5) is 0 Å². The van der Waals surface area contributed by atoms with E-state index in [9.17, 15) is 14.7 Å². The number of aliphatic hydroxyl groups is 1. The predicted octanol–water partition coefficient (Wildman–Crippen LogP) is 1.09. The molecule has 0 aliphatic heterocycles. The molecule has 5 nitrogen and oxygen atoms in total. The lowest BCUT2D eigenvalue weighted by Crippen LogP contribution is -2.23. The number of esters is 2. The molecule has 0 aromatic heterocycles. The number of hydrogen-bond donors (Lipinski definition) is 1. The number of aliphatic hydroxyl groups excluding tert-OH is 1. The molecule has 0 fully saturated rings. The first-order chi connectivity index (χ1) is 7.34. The van der Waals surface area contributed by atoms with Crippen LogP contribution in [-0.4, -0.2) is 29.9 Å². The molecule has 0 aromatic rings. The Morgan fingerprint density at radius 1 is 1.06 bits per heavy atom. The molecule has 0 aromatic carbocycles. The van der Waals surface area contributed by atoms with Crippen LogP contribution in [0.2, 0.25) is 0 Å². The molecule has 0 saturated carbocycles. The standard InChI is InChI=1S/C11H20O5/c1-7(2)10(13)15-6-5-9(12)16-11(14)8(3)4/h7-9,12H,5-6H2,1-4H3. The molecule has 16 heavy (non-hydrogen) atoms. The molecule has 0 heterocycles. The van der Waals surface area contributed by atoms with Gasteiger partial charge in [-0.05, 0) is 0 Å². The highest BCUT2D eigenvalue weighted by Gasteiger charge is 2.15. The van der Waals surface area contributed by atoms with E-state index in [4.69, 9.17) is 4.74 Å². The number of hydrogen-bond acceptors (Lipinski definition) is 5. The summed E-state index contributed by atoms with van der Waals surface area (Å²) in [5.74, 6) is -1.28. The van der Waals surface area contributed by atoms with Gasteiger partial charge in [-0.25, -0.2) is 0 Å². The summed E-state index contributed by atoms with van der Waals surface area (Å²) in [6, 6.07) is 0. The Morgan fingerprint density at radius 2 is 1.56 bits per heavy atom. The quantitative estimate of drug-likeness (QED) is 0.548. The highest BCUT2D eigenvalue weighted by molar-refractivity contribution is 5.72. The van der Waals surface area contributed by atoms with Crippen molar-refractivity contribution in [2.45, 2.75) is 40.4 Å². The highest BCUT2D eigenvalue weighted by atomic mass is 16.6. The fraction of sp³-hybridized carbons (Fsp3) is 0.818. The summed E-state index contributed by atoms with van der Waals surface area (Å²) in [5, 5.41) is 9.29. The molecule has 0 radical (unpaired) electrons. The Hall–Kier alpha value is -1.10. The van der Waals surface area contributed by atoms with Crippen molar-refractivity contribution in [2.24, 2.45) is 11.8 Å². The molecule has 0 aliphatic carbocycles. The first-order valence-electron chi connectivity index (χ1n) is 5.39. The number of carbonyl (C=O) groups excluding carboxylic acids is 2. The molecule has 0 spiro atoms. The maximum atomic E-state index is 11.1. The molecule has 94 valence electrons. The second-order valence-corrected chi connectivity index (χ2v) is 4.16. The Morgan fingerprint density at radius 3 is 2.00 bits per heavy atom. The summed E-state index contributed by atoms with van der Waals surface area (Å²) >= 11 is 0. The lowest BCUT2D eigenvalue weighted by molar-refractivity contribution is -0.175. The van der Waals surface area contributed by atoms with E-state index in [0.29, 0.717) is 0 Å². The van der Waals surface area contributed by atoms with Gasteiger partial charge in [-0.15, -0.1) is 0 Å². The smallest absolute Gasteiger partial charge is 0.310 e. The normalized spacial score (nSPS) is 12.7. The van der Waals surface area contributed by atoms with E-state index in [2.05, 4.69) is 4.74 Å². The Bertz CT molecular complexity index is 235.